The van der Waals surface area contributed by atoms with Crippen molar-refractivity contribution in [1.29, 1.82) is 0 Å². The number of nitrogens with zero attached hydrogens (tertiary/aromatic N) is 6. The van der Waals surface area contributed by atoms with E-state index in [4.69, 9.17) is 0 Å². The standard InChI is InChI=1S/C10H6N6/c1-2-4-8-7(3-1)15-9(5-11-13-15)10-6-12-14-16(8)10/h1-6H. The topological polar surface area (TPSA) is 60.4 Å². The van der Waals surface area contributed by atoms with Crippen LogP contribution in [0.2, 0.25) is 0 Å². The smallest absolute Gasteiger partial charge is 0.115 e. The van der Waals surface area contributed by atoms with Crippen molar-refractivity contribution in [1.82, 2.24) is 29.7 Å². The minimum atomic E-state index is 0.906. The van der Waals surface area contributed by atoms with E-state index >= 15 is 0 Å². The second-order valence-electron chi connectivity index (χ2n) is 3.55. The first-order chi connectivity index (χ1) is 7.95. The van der Waals surface area contributed by atoms with Crippen molar-refractivity contribution in [3.05, 3.63) is 36.7 Å². The molecule has 4 aromatic rings. The molecule has 16 heavy (non-hydrogen) atoms. The number of para-hydroxylation sites is 2. The largest absolute Gasteiger partial charge is 0.209 e. The quantitative estimate of drug-likeness (QED) is 0.433. The van der Waals surface area contributed by atoms with E-state index in [1.54, 1.807) is 21.4 Å². The van der Waals surface area contributed by atoms with E-state index in [0.717, 1.165) is 22.1 Å². The minimum absolute atomic E-state index is 0.906. The summed E-state index contributed by atoms with van der Waals surface area (Å²) in [4.78, 5) is 0. The fraction of sp³-hybridized carbons (Fsp3) is 0. The Morgan fingerprint density at radius 3 is 1.69 bits per heavy atom. The van der Waals surface area contributed by atoms with Crippen LogP contribution in [0.25, 0.3) is 22.1 Å². The van der Waals surface area contributed by atoms with Gasteiger partial charge in [0.25, 0.3) is 0 Å². The molecule has 0 saturated heterocycles. The van der Waals surface area contributed by atoms with E-state index in [0.29, 0.717) is 0 Å². The zero-order chi connectivity index (χ0) is 10.5. The minimum Gasteiger partial charge on any atom is -0.209 e. The summed E-state index contributed by atoms with van der Waals surface area (Å²) >= 11 is 0. The van der Waals surface area contributed by atoms with Crippen molar-refractivity contribution < 1.29 is 0 Å². The first kappa shape index (κ1) is 7.75. The molecule has 0 aliphatic carbocycles. The normalized spacial score (nSPS) is 11.8. The van der Waals surface area contributed by atoms with Crippen molar-refractivity contribution in [2.45, 2.75) is 0 Å². The Labute approximate surface area is 89.1 Å². The van der Waals surface area contributed by atoms with Crippen LogP contribution in [0.5, 0.6) is 0 Å². The van der Waals surface area contributed by atoms with Crippen LogP contribution in [0.3, 0.4) is 0 Å². The van der Waals surface area contributed by atoms with Gasteiger partial charge in [-0.2, -0.15) is 0 Å². The molecule has 1 aromatic carbocycles. The number of hydrogen-bond donors (Lipinski definition) is 0. The molecule has 3 heterocycles. The molecule has 76 valence electrons. The second-order valence-corrected chi connectivity index (χ2v) is 3.55. The van der Waals surface area contributed by atoms with Crippen LogP contribution in [0, 0.1) is 0 Å². The Morgan fingerprint density at radius 2 is 1.19 bits per heavy atom. The fourth-order valence-electron chi connectivity index (χ4n) is 2.00. The van der Waals surface area contributed by atoms with Crippen LogP contribution in [0.15, 0.2) is 36.7 Å². The van der Waals surface area contributed by atoms with E-state index < -0.39 is 0 Å². The molecular weight excluding hydrogens is 204 g/mol. The highest BCUT2D eigenvalue weighted by atomic mass is 15.4. The Kier molecular flexibility index (Phi) is 1.23. The van der Waals surface area contributed by atoms with Crippen molar-refractivity contribution in [3.8, 4) is 0 Å². The van der Waals surface area contributed by atoms with Gasteiger partial charge in [-0.1, -0.05) is 22.6 Å². The van der Waals surface area contributed by atoms with Crippen LogP contribution >= 0.6 is 0 Å². The molecule has 0 aliphatic rings. The highest BCUT2D eigenvalue weighted by Gasteiger charge is 2.09. The lowest BCUT2D eigenvalue weighted by Gasteiger charge is -2.02. The lowest BCUT2D eigenvalue weighted by molar-refractivity contribution is 0.855. The van der Waals surface area contributed by atoms with Crippen LogP contribution < -0.4 is 0 Å². The van der Waals surface area contributed by atoms with E-state index in [9.17, 15) is 0 Å². The third kappa shape index (κ3) is 0.773. The molecule has 0 fully saturated rings. The van der Waals surface area contributed by atoms with Gasteiger partial charge >= 0.3 is 0 Å². The maximum atomic E-state index is 4.07. The molecule has 6 heteroatoms. The second kappa shape index (κ2) is 2.54. The Balaban J connectivity index is 2.51. The van der Waals surface area contributed by atoms with Gasteiger partial charge in [0.15, 0.2) is 0 Å². The third-order valence-electron chi connectivity index (χ3n) is 2.70. The maximum Gasteiger partial charge on any atom is 0.115 e. The molecule has 0 atom stereocenters. The van der Waals surface area contributed by atoms with Gasteiger partial charge in [0.05, 0.1) is 23.4 Å². The lowest BCUT2D eigenvalue weighted by atomic mass is 10.3. The lowest BCUT2D eigenvalue weighted by Crippen LogP contribution is -1.98. The van der Waals surface area contributed by atoms with Gasteiger partial charge in [-0.3, -0.25) is 0 Å². The van der Waals surface area contributed by atoms with E-state index in [1.165, 1.54) is 0 Å². The number of aromatic nitrogens is 6. The van der Waals surface area contributed by atoms with Crippen molar-refractivity contribution in [2.24, 2.45) is 0 Å². The van der Waals surface area contributed by atoms with Gasteiger partial charge in [0.2, 0.25) is 0 Å². The average Bonchev–Trinajstić information content (AvgIpc) is 2.98. The summed E-state index contributed by atoms with van der Waals surface area (Å²) in [5, 5.41) is 16.0. The van der Waals surface area contributed by atoms with Gasteiger partial charge in [-0.15, -0.1) is 10.2 Å². The predicted octanol–water partition coefficient (Wildman–Crippen LogP) is 0.925. The predicted molar refractivity (Wildman–Crippen MR) is 57.0 cm³/mol. The highest BCUT2D eigenvalue weighted by molar-refractivity contribution is 5.86. The number of hydrogen-bond acceptors (Lipinski definition) is 4. The third-order valence-corrected chi connectivity index (χ3v) is 2.70. The van der Waals surface area contributed by atoms with Gasteiger partial charge in [-0.25, -0.2) is 9.03 Å². The molecule has 0 amide bonds. The molecular formula is C10H6N6. The summed E-state index contributed by atoms with van der Waals surface area (Å²) in [7, 11) is 0. The van der Waals surface area contributed by atoms with Crippen molar-refractivity contribution in [3.63, 3.8) is 0 Å². The number of fused-ring (bicyclic) bond motifs is 6. The number of rotatable bonds is 0. The van der Waals surface area contributed by atoms with Gasteiger partial charge in [0.1, 0.15) is 11.0 Å². The Morgan fingerprint density at radius 1 is 0.688 bits per heavy atom. The van der Waals surface area contributed by atoms with Gasteiger partial charge in [0, 0.05) is 0 Å². The fourth-order valence-corrected chi connectivity index (χ4v) is 2.00. The van der Waals surface area contributed by atoms with E-state index in [1.807, 2.05) is 24.3 Å². The SMILES string of the molecule is c1ccc2c(c1)n1nncc1c1cnnn21. The van der Waals surface area contributed by atoms with Crippen LogP contribution in [-0.2, 0) is 0 Å². The van der Waals surface area contributed by atoms with Gasteiger partial charge < -0.3 is 0 Å². The van der Waals surface area contributed by atoms with Crippen molar-refractivity contribution in [2.75, 3.05) is 0 Å². The summed E-state index contributed by atoms with van der Waals surface area (Å²) in [6.07, 6.45) is 3.43. The first-order valence-electron chi connectivity index (χ1n) is 4.87. The highest BCUT2D eigenvalue weighted by Crippen LogP contribution is 2.19. The monoisotopic (exact) mass is 210 g/mol. The van der Waals surface area contributed by atoms with Crippen molar-refractivity contribution >= 4 is 22.1 Å². The molecule has 0 aliphatic heterocycles. The van der Waals surface area contributed by atoms with Crippen LogP contribution in [-0.4, -0.2) is 29.7 Å². The Hall–Kier alpha value is -2.50. The first-order valence-corrected chi connectivity index (χ1v) is 4.87. The van der Waals surface area contributed by atoms with Gasteiger partial charge in [-0.05, 0) is 12.1 Å². The molecule has 6 nitrogen and oxygen atoms in total. The van der Waals surface area contributed by atoms with E-state index in [-0.39, 0.29) is 0 Å². The molecule has 0 bridgehead atoms. The van der Waals surface area contributed by atoms with E-state index in [2.05, 4.69) is 20.6 Å². The summed E-state index contributed by atoms with van der Waals surface area (Å²) in [5.41, 5.74) is 3.74. The molecule has 3 aromatic heterocycles. The molecule has 0 saturated carbocycles. The summed E-state index contributed by atoms with van der Waals surface area (Å²) in [6.45, 7) is 0. The molecule has 0 radical (unpaired) electrons. The summed E-state index contributed by atoms with van der Waals surface area (Å²) in [6, 6.07) is 7.90. The average molecular weight is 210 g/mol. The molecule has 0 N–H and O–H groups in total. The van der Waals surface area contributed by atoms with Crippen LogP contribution in [0.1, 0.15) is 0 Å². The maximum absolute atomic E-state index is 4.07. The zero-order valence-corrected chi connectivity index (χ0v) is 8.15. The molecule has 0 unspecified atom stereocenters. The zero-order valence-electron chi connectivity index (χ0n) is 8.15. The number of benzene rings is 1. The summed E-state index contributed by atoms with van der Waals surface area (Å²) < 4.78 is 3.60. The molecule has 4 rings (SSSR count). The Bertz CT molecular complexity index is 743. The molecule has 0 spiro atoms. The summed E-state index contributed by atoms with van der Waals surface area (Å²) in [5.74, 6) is 0. The van der Waals surface area contributed by atoms with Crippen LogP contribution in [0.4, 0.5) is 0 Å².